The van der Waals surface area contributed by atoms with Gasteiger partial charge in [-0.2, -0.15) is 0 Å². The summed E-state index contributed by atoms with van der Waals surface area (Å²) >= 11 is 3.31. The number of rotatable bonds is 3. The molecule has 0 spiro atoms. The molecule has 16 heavy (non-hydrogen) atoms. The molecule has 0 aliphatic carbocycles. The first kappa shape index (κ1) is 11.1. The predicted molar refractivity (Wildman–Crippen MR) is 65.2 cm³/mol. The summed E-state index contributed by atoms with van der Waals surface area (Å²) in [5, 5.41) is 0. The van der Waals surface area contributed by atoms with Crippen LogP contribution in [0, 0.1) is 0 Å². The zero-order chi connectivity index (χ0) is 11.4. The Balaban J connectivity index is 2.12. The molecule has 0 aliphatic heterocycles. The topological polar surface area (TPSA) is 35.0 Å². The Hall–Kier alpha value is -1.42. The van der Waals surface area contributed by atoms with Gasteiger partial charge in [-0.25, -0.2) is 9.97 Å². The van der Waals surface area contributed by atoms with Crippen LogP contribution >= 0.6 is 15.9 Å². The SMILES string of the molecule is CC(Oc1ccccc1)c1cc(Br)ncn1. The summed E-state index contributed by atoms with van der Waals surface area (Å²) in [5.74, 6) is 0.838. The van der Waals surface area contributed by atoms with Crippen LogP contribution in [0.15, 0.2) is 47.3 Å². The Labute approximate surface area is 103 Å². The Morgan fingerprint density at radius 3 is 2.62 bits per heavy atom. The zero-order valence-corrected chi connectivity index (χ0v) is 10.4. The van der Waals surface area contributed by atoms with Crippen LogP contribution in [0.4, 0.5) is 0 Å². The zero-order valence-electron chi connectivity index (χ0n) is 8.80. The van der Waals surface area contributed by atoms with Crippen molar-refractivity contribution in [3.63, 3.8) is 0 Å². The number of para-hydroxylation sites is 1. The van der Waals surface area contributed by atoms with Crippen molar-refractivity contribution in [2.45, 2.75) is 13.0 Å². The van der Waals surface area contributed by atoms with E-state index >= 15 is 0 Å². The molecule has 1 heterocycles. The lowest BCUT2D eigenvalue weighted by Crippen LogP contribution is -2.05. The highest BCUT2D eigenvalue weighted by molar-refractivity contribution is 9.10. The molecule has 0 bridgehead atoms. The Bertz CT molecular complexity index is 462. The number of benzene rings is 1. The molecule has 0 amide bonds. The van der Waals surface area contributed by atoms with E-state index in [1.165, 1.54) is 6.33 Å². The molecule has 1 aromatic carbocycles. The molecule has 0 fully saturated rings. The normalized spacial score (nSPS) is 12.1. The highest BCUT2D eigenvalue weighted by Crippen LogP contribution is 2.20. The van der Waals surface area contributed by atoms with Crippen molar-refractivity contribution in [2.75, 3.05) is 0 Å². The maximum absolute atomic E-state index is 5.74. The second-order valence-electron chi connectivity index (χ2n) is 3.34. The Morgan fingerprint density at radius 1 is 1.19 bits per heavy atom. The van der Waals surface area contributed by atoms with Gasteiger partial charge < -0.3 is 4.74 Å². The molecular formula is C12H11BrN2O. The lowest BCUT2D eigenvalue weighted by molar-refractivity contribution is 0.221. The molecule has 0 aliphatic rings. The Morgan fingerprint density at radius 2 is 1.94 bits per heavy atom. The number of hydrogen-bond acceptors (Lipinski definition) is 3. The van der Waals surface area contributed by atoms with Crippen molar-refractivity contribution < 1.29 is 4.74 Å². The van der Waals surface area contributed by atoms with Gasteiger partial charge in [0.25, 0.3) is 0 Å². The van der Waals surface area contributed by atoms with Crippen LogP contribution in [-0.2, 0) is 0 Å². The minimum atomic E-state index is -0.0956. The molecule has 2 aromatic rings. The van der Waals surface area contributed by atoms with Crippen molar-refractivity contribution in [3.05, 3.63) is 53.0 Å². The van der Waals surface area contributed by atoms with Crippen molar-refractivity contribution in [2.24, 2.45) is 0 Å². The summed E-state index contributed by atoms with van der Waals surface area (Å²) in [6.07, 6.45) is 1.42. The van der Waals surface area contributed by atoms with Gasteiger partial charge in [0.15, 0.2) is 0 Å². The first-order chi connectivity index (χ1) is 7.75. The fourth-order valence-corrected chi connectivity index (χ4v) is 1.66. The van der Waals surface area contributed by atoms with Gasteiger partial charge in [-0.1, -0.05) is 18.2 Å². The number of nitrogens with zero attached hydrogens (tertiary/aromatic N) is 2. The van der Waals surface area contributed by atoms with Gasteiger partial charge in [-0.15, -0.1) is 0 Å². The molecule has 3 nitrogen and oxygen atoms in total. The van der Waals surface area contributed by atoms with Gasteiger partial charge in [0, 0.05) is 0 Å². The van der Waals surface area contributed by atoms with Crippen LogP contribution in [0.1, 0.15) is 18.7 Å². The maximum Gasteiger partial charge on any atom is 0.138 e. The third kappa shape index (κ3) is 2.79. The lowest BCUT2D eigenvalue weighted by atomic mass is 10.2. The molecule has 1 unspecified atom stereocenters. The van der Waals surface area contributed by atoms with Gasteiger partial charge in [0.05, 0.1) is 5.69 Å². The smallest absolute Gasteiger partial charge is 0.138 e. The predicted octanol–water partition coefficient (Wildman–Crippen LogP) is 3.38. The fraction of sp³-hybridized carbons (Fsp3) is 0.167. The maximum atomic E-state index is 5.74. The van der Waals surface area contributed by atoms with Gasteiger partial charge in [0.2, 0.25) is 0 Å². The second kappa shape index (κ2) is 5.07. The lowest BCUT2D eigenvalue weighted by Gasteiger charge is -2.13. The quantitative estimate of drug-likeness (QED) is 0.808. The number of aromatic nitrogens is 2. The number of hydrogen-bond donors (Lipinski definition) is 0. The van der Waals surface area contributed by atoms with Gasteiger partial charge in [0.1, 0.15) is 22.8 Å². The van der Waals surface area contributed by atoms with E-state index in [-0.39, 0.29) is 6.10 Å². The highest BCUT2D eigenvalue weighted by atomic mass is 79.9. The van der Waals surface area contributed by atoms with Gasteiger partial charge >= 0.3 is 0 Å². The summed E-state index contributed by atoms with van der Waals surface area (Å²) in [4.78, 5) is 8.15. The van der Waals surface area contributed by atoms with E-state index in [1.54, 1.807) is 0 Å². The molecule has 82 valence electrons. The average Bonchev–Trinajstić information content (AvgIpc) is 2.30. The van der Waals surface area contributed by atoms with Gasteiger partial charge in [-0.05, 0) is 41.1 Å². The summed E-state index contributed by atoms with van der Waals surface area (Å²) in [5.41, 5.74) is 0.853. The van der Waals surface area contributed by atoms with Crippen LogP contribution in [0.5, 0.6) is 5.75 Å². The van der Waals surface area contributed by atoms with E-state index in [1.807, 2.05) is 43.3 Å². The summed E-state index contributed by atoms with van der Waals surface area (Å²) in [6.45, 7) is 1.96. The molecule has 0 saturated heterocycles. The third-order valence-electron chi connectivity index (χ3n) is 2.13. The highest BCUT2D eigenvalue weighted by Gasteiger charge is 2.09. The molecule has 1 atom stereocenters. The van der Waals surface area contributed by atoms with Crippen LogP contribution in [0.25, 0.3) is 0 Å². The molecule has 2 rings (SSSR count). The first-order valence-corrected chi connectivity index (χ1v) is 5.74. The number of halogens is 1. The van der Waals surface area contributed by atoms with Crippen LogP contribution in [-0.4, -0.2) is 9.97 Å². The monoisotopic (exact) mass is 278 g/mol. The van der Waals surface area contributed by atoms with Gasteiger partial charge in [-0.3, -0.25) is 0 Å². The second-order valence-corrected chi connectivity index (χ2v) is 4.15. The largest absolute Gasteiger partial charge is 0.484 e. The molecule has 0 radical (unpaired) electrons. The van der Waals surface area contributed by atoms with Crippen LogP contribution < -0.4 is 4.74 Å². The van der Waals surface area contributed by atoms with E-state index in [0.29, 0.717) is 0 Å². The Kier molecular flexibility index (Phi) is 3.51. The molecule has 0 saturated carbocycles. The standard InChI is InChI=1S/C12H11BrN2O/c1-9(11-7-12(13)15-8-14-11)16-10-5-3-2-4-6-10/h2-9H,1H3. The van der Waals surface area contributed by atoms with E-state index in [0.717, 1.165) is 16.0 Å². The molecule has 1 aromatic heterocycles. The van der Waals surface area contributed by atoms with E-state index in [9.17, 15) is 0 Å². The van der Waals surface area contributed by atoms with Crippen molar-refractivity contribution in [3.8, 4) is 5.75 Å². The van der Waals surface area contributed by atoms with Crippen LogP contribution in [0.2, 0.25) is 0 Å². The van der Waals surface area contributed by atoms with Crippen molar-refractivity contribution in [1.29, 1.82) is 0 Å². The number of ether oxygens (including phenoxy) is 1. The fourth-order valence-electron chi connectivity index (χ4n) is 1.33. The summed E-state index contributed by atoms with van der Waals surface area (Å²) in [7, 11) is 0. The van der Waals surface area contributed by atoms with Crippen molar-refractivity contribution in [1.82, 2.24) is 9.97 Å². The van der Waals surface area contributed by atoms with E-state index in [4.69, 9.17) is 4.74 Å². The minimum absolute atomic E-state index is 0.0956. The van der Waals surface area contributed by atoms with Crippen LogP contribution in [0.3, 0.4) is 0 Å². The average molecular weight is 279 g/mol. The molecule has 0 N–H and O–H groups in total. The third-order valence-corrected chi connectivity index (χ3v) is 2.56. The van der Waals surface area contributed by atoms with E-state index in [2.05, 4.69) is 25.9 Å². The first-order valence-electron chi connectivity index (χ1n) is 4.95. The summed E-state index contributed by atoms with van der Waals surface area (Å²) < 4.78 is 6.51. The molecular weight excluding hydrogens is 268 g/mol. The minimum Gasteiger partial charge on any atom is -0.484 e. The van der Waals surface area contributed by atoms with Crippen molar-refractivity contribution >= 4 is 15.9 Å². The van der Waals surface area contributed by atoms with E-state index < -0.39 is 0 Å². The molecule has 4 heteroatoms. The summed E-state index contributed by atoms with van der Waals surface area (Å²) in [6, 6.07) is 11.5.